The van der Waals surface area contributed by atoms with Gasteiger partial charge in [-0.1, -0.05) is 18.2 Å². The Morgan fingerprint density at radius 3 is 2.53 bits per heavy atom. The summed E-state index contributed by atoms with van der Waals surface area (Å²) in [5.74, 6) is -0.408. The molecule has 0 spiro atoms. The number of amides is 1. The van der Waals surface area contributed by atoms with Crippen LogP contribution in [-0.4, -0.2) is 10.9 Å². The zero-order valence-corrected chi connectivity index (χ0v) is 9.90. The fourth-order valence-electron chi connectivity index (χ4n) is 1.86. The van der Waals surface area contributed by atoms with E-state index >= 15 is 0 Å². The predicted molar refractivity (Wildman–Crippen MR) is 67.7 cm³/mol. The lowest BCUT2D eigenvalue weighted by Crippen LogP contribution is -2.12. The van der Waals surface area contributed by atoms with E-state index in [0.717, 1.165) is 22.4 Å². The van der Waals surface area contributed by atoms with Crippen LogP contribution >= 0.6 is 0 Å². The zero-order valence-electron chi connectivity index (χ0n) is 9.90. The topological polar surface area (TPSA) is 56.0 Å². The highest BCUT2D eigenvalue weighted by Gasteiger charge is 2.11. The average Bonchev–Trinajstić information content (AvgIpc) is 2.33. The van der Waals surface area contributed by atoms with Gasteiger partial charge in [0.1, 0.15) is 0 Å². The Kier molecular flexibility index (Phi) is 2.91. The van der Waals surface area contributed by atoms with Gasteiger partial charge in [0.2, 0.25) is 5.91 Å². The number of hydrogen-bond donors (Lipinski definition) is 1. The first-order valence-corrected chi connectivity index (χ1v) is 5.42. The van der Waals surface area contributed by atoms with Crippen LogP contribution in [-0.2, 0) is 0 Å². The van der Waals surface area contributed by atoms with E-state index in [1.54, 1.807) is 12.3 Å². The molecule has 1 heterocycles. The molecule has 0 aliphatic rings. The van der Waals surface area contributed by atoms with E-state index < -0.39 is 5.91 Å². The van der Waals surface area contributed by atoms with Crippen LogP contribution in [0, 0.1) is 13.8 Å². The summed E-state index contributed by atoms with van der Waals surface area (Å²) in [4.78, 5) is 15.6. The standard InChI is InChI=1S/C14H14N2O/c1-9-10(2)16-8-7-11(9)12-5-3-4-6-13(12)14(15)17/h3-8H,1-2H3,(H2,15,17). The van der Waals surface area contributed by atoms with Gasteiger partial charge in [-0.2, -0.15) is 0 Å². The number of benzene rings is 1. The molecule has 0 bridgehead atoms. The number of nitrogens with two attached hydrogens (primary N) is 1. The average molecular weight is 226 g/mol. The maximum Gasteiger partial charge on any atom is 0.249 e. The van der Waals surface area contributed by atoms with Crippen molar-refractivity contribution in [2.75, 3.05) is 0 Å². The lowest BCUT2D eigenvalue weighted by Gasteiger charge is -2.10. The van der Waals surface area contributed by atoms with E-state index in [1.165, 1.54) is 0 Å². The minimum Gasteiger partial charge on any atom is -0.366 e. The molecular weight excluding hydrogens is 212 g/mol. The van der Waals surface area contributed by atoms with Gasteiger partial charge < -0.3 is 5.73 Å². The van der Waals surface area contributed by atoms with Gasteiger partial charge in [0.25, 0.3) is 0 Å². The summed E-state index contributed by atoms with van der Waals surface area (Å²) in [6.07, 6.45) is 1.75. The second-order valence-electron chi connectivity index (χ2n) is 3.98. The molecule has 0 unspecified atom stereocenters. The molecule has 2 N–H and O–H groups in total. The van der Waals surface area contributed by atoms with Crippen LogP contribution in [0.15, 0.2) is 36.5 Å². The molecule has 0 aliphatic carbocycles. The Morgan fingerprint density at radius 2 is 1.82 bits per heavy atom. The predicted octanol–water partition coefficient (Wildman–Crippen LogP) is 2.46. The van der Waals surface area contributed by atoms with Crippen LogP contribution in [0.1, 0.15) is 21.6 Å². The molecule has 0 fully saturated rings. The first-order chi connectivity index (χ1) is 8.11. The summed E-state index contributed by atoms with van der Waals surface area (Å²) in [7, 11) is 0. The molecule has 3 nitrogen and oxygen atoms in total. The van der Waals surface area contributed by atoms with Crippen molar-refractivity contribution in [3.63, 3.8) is 0 Å². The number of nitrogens with zero attached hydrogens (tertiary/aromatic N) is 1. The molecule has 0 atom stereocenters. The molecular formula is C14H14N2O. The van der Waals surface area contributed by atoms with Crippen molar-refractivity contribution in [1.29, 1.82) is 0 Å². The molecule has 3 heteroatoms. The highest BCUT2D eigenvalue weighted by atomic mass is 16.1. The van der Waals surface area contributed by atoms with Crippen molar-refractivity contribution in [1.82, 2.24) is 4.98 Å². The molecule has 1 amide bonds. The molecule has 86 valence electrons. The summed E-state index contributed by atoms with van der Waals surface area (Å²) in [5.41, 5.74) is 9.83. The number of aromatic nitrogens is 1. The molecule has 0 aliphatic heterocycles. The van der Waals surface area contributed by atoms with Gasteiger partial charge in [-0.25, -0.2) is 0 Å². The molecule has 0 saturated carbocycles. The van der Waals surface area contributed by atoms with Gasteiger partial charge in [-0.15, -0.1) is 0 Å². The zero-order chi connectivity index (χ0) is 12.4. The number of primary amides is 1. The highest BCUT2D eigenvalue weighted by Crippen LogP contribution is 2.27. The van der Waals surface area contributed by atoms with Crippen molar-refractivity contribution in [2.24, 2.45) is 5.73 Å². The Balaban J connectivity index is 2.69. The minimum atomic E-state index is -0.408. The Bertz CT molecular complexity index is 576. The summed E-state index contributed by atoms with van der Waals surface area (Å²) in [6.45, 7) is 3.95. The third-order valence-electron chi connectivity index (χ3n) is 2.94. The van der Waals surface area contributed by atoms with Crippen molar-refractivity contribution in [3.8, 4) is 11.1 Å². The van der Waals surface area contributed by atoms with Crippen molar-refractivity contribution >= 4 is 5.91 Å². The van der Waals surface area contributed by atoms with Gasteiger partial charge >= 0.3 is 0 Å². The monoisotopic (exact) mass is 226 g/mol. The lowest BCUT2D eigenvalue weighted by atomic mass is 9.96. The largest absolute Gasteiger partial charge is 0.366 e. The Morgan fingerprint density at radius 1 is 1.12 bits per heavy atom. The van der Waals surface area contributed by atoms with Crippen LogP contribution in [0.25, 0.3) is 11.1 Å². The first kappa shape index (κ1) is 11.3. The van der Waals surface area contributed by atoms with E-state index in [9.17, 15) is 4.79 Å². The Labute approximate surface area is 100 Å². The van der Waals surface area contributed by atoms with Crippen molar-refractivity contribution in [2.45, 2.75) is 13.8 Å². The summed E-state index contributed by atoms with van der Waals surface area (Å²) >= 11 is 0. The first-order valence-electron chi connectivity index (χ1n) is 5.42. The number of carbonyl (C=O) groups excluding carboxylic acids is 1. The number of rotatable bonds is 2. The molecule has 1 aromatic heterocycles. The van der Waals surface area contributed by atoms with Crippen LogP contribution in [0.4, 0.5) is 0 Å². The Hall–Kier alpha value is -2.16. The van der Waals surface area contributed by atoms with Crippen LogP contribution in [0.3, 0.4) is 0 Å². The van der Waals surface area contributed by atoms with Gasteiger partial charge in [-0.05, 0) is 42.7 Å². The van der Waals surface area contributed by atoms with E-state index in [1.807, 2.05) is 38.1 Å². The van der Waals surface area contributed by atoms with Gasteiger partial charge in [0.05, 0.1) is 0 Å². The summed E-state index contributed by atoms with van der Waals surface area (Å²) in [6, 6.07) is 9.27. The molecule has 2 rings (SSSR count). The summed E-state index contributed by atoms with van der Waals surface area (Å²) < 4.78 is 0. The van der Waals surface area contributed by atoms with Crippen molar-refractivity contribution < 1.29 is 4.79 Å². The van der Waals surface area contributed by atoms with Gasteiger partial charge in [-0.3, -0.25) is 9.78 Å². The molecule has 2 aromatic rings. The van der Waals surface area contributed by atoms with E-state index in [4.69, 9.17) is 5.73 Å². The normalized spacial score (nSPS) is 10.2. The molecule has 0 saturated heterocycles. The van der Waals surface area contributed by atoms with E-state index in [-0.39, 0.29) is 0 Å². The fraction of sp³-hybridized carbons (Fsp3) is 0.143. The molecule has 1 aromatic carbocycles. The number of aryl methyl sites for hydroxylation is 1. The maximum absolute atomic E-state index is 11.4. The summed E-state index contributed by atoms with van der Waals surface area (Å²) in [5, 5.41) is 0. The second kappa shape index (κ2) is 4.37. The van der Waals surface area contributed by atoms with E-state index in [2.05, 4.69) is 4.98 Å². The number of pyridine rings is 1. The van der Waals surface area contributed by atoms with Gasteiger partial charge in [0, 0.05) is 17.5 Å². The van der Waals surface area contributed by atoms with Crippen molar-refractivity contribution in [3.05, 3.63) is 53.3 Å². The fourth-order valence-corrected chi connectivity index (χ4v) is 1.86. The smallest absolute Gasteiger partial charge is 0.249 e. The third kappa shape index (κ3) is 2.04. The highest BCUT2D eigenvalue weighted by molar-refractivity contribution is 6.00. The minimum absolute atomic E-state index is 0.408. The third-order valence-corrected chi connectivity index (χ3v) is 2.94. The molecule has 17 heavy (non-hydrogen) atoms. The lowest BCUT2D eigenvalue weighted by molar-refractivity contribution is 0.100. The van der Waals surface area contributed by atoms with E-state index in [0.29, 0.717) is 5.56 Å². The van der Waals surface area contributed by atoms with Crippen LogP contribution < -0.4 is 5.73 Å². The quantitative estimate of drug-likeness (QED) is 0.855. The van der Waals surface area contributed by atoms with Crippen LogP contribution in [0.5, 0.6) is 0 Å². The number of hydrogen-bond acceptors (Lipinski definition) is 2. The maximum atomic E-state index is 11.4. The SMILES string of the molecule is Cc1nccc(-c2ccccc2C(N)=O)c1C. The number of carbonyl (C=O) groups is 1. The van der Waals surface area contributed by atoms with Gasteiger partial charge in [0.15, 0.2) is 0 Å². The second-order valence-corrected chi connectivity index (χ2v) is 3.98. The molecule has 0 radical (unpaired) electrons. The van der Waals surface area contributed by atoms with Crippen LogP contribution in [0.2, 0.25) is 0 Å².